The fourth-order valence-electron chi connectivity index (χ4n) is 2.41. The van der Waals surface area contributed by atoms with Gasteiger partial charge in [-0.25, -0.2) is 9.97 Å². The lowest BCUT2D eigenvalue weighted by Crippen LogP contribution is -2.25. The van der Waals surface area contributed by atoms with Crippen molar-refractivity contribution in [3.05, 3.63) is 47.4 Å². The van der Waals surface area contributed by atoms with E-state index in [0.717, 1.165) is 24.9 Å². The number of nitrogens with zero attached hydrogens (tertiary/aromatic N) is 2. The van der Waals surface area contributed by atoms with Crippen molar-refractivity contribution in [1.82, 2.24) is 15.3 Å². The van der Waals surface area contributed by atoms with Crippen LogP contribution in [0.4, 0.5) is 11.5 Å². The number of benzene rings is 1. The van der Waals surface area contributed by atoms with Crippen molar-refractivity contribution in [2.45, 2.75) is 40.0 Å². The van der Waals surface area contributed by atoms with Crippen molar-refractivity contribution >= 4 is 17.4 Å². The largest absolute Gasteiger partial charge is 0.351 e. The van der Waals surface area contributed by atoms with E-state index in [1.807, 2.05) is 26.0 Å². The molecule has 0 aliphatic carbocycles. The molecule has 0 unspecified atom stereocenters. The smallest absolute Gasteiger partial charge is 0.270 e. The Morgan fingerprint density at radius 1 is 1.04 bits per heavy atom. The maximum absolute atomic E-state index is 12.1. The number of amides is 1. The quantitative estimate of drug-likeness (QED) is 0.764. The van der Waals surface area contributed by atoms with Crippen molar-refractivity contribution in [3.63, 3.8) is 0 Å². The molecule has 5 nitrogen and oxygen atoms in total. The van der Waals surface area contributed by atoms with Crippen molar-refractivity contribution in [2.75, 3.05) is 11.9 Å². The van der Waals surface area contributed by atoms with Crippen LogP contribution in [0.3, 0.4) is 0 Å². The SMILES string of the molecule is CCCCCNC(=O)c1cc(Nc2cc(C)cc(C)c2)ncn1. The van der Waals surface area contributed by atoms with E-state index in [0.29, 0.717) is 18.1 Å². The second-order valence-corrected chi connectivity index (χ2v) is 5.75. The second-order valence-electron chi connectivity index (χ2n) is 5.75. The van der Waals surface area contributed by atoms with Crippen LogP contribution in [0.5, 0.6) is 0 Å². The lowest BCUT2D eigenvalue weighted by Gasteiger charge is -2.09. The fraction of sp³-hybridized carbons (Fsp3) is 0.389. The lowest BCUT2D eigenvalue weighted by atomic mass is 10.1. The Kier molecular flexibility index (Phi) is 6.09. The van der Waals surface area contributed by atoms with Crippen LogP contribution in [-0.4, -0.2) is 22.4 Å². The summed E-state index contributed by atoms with van der Waals surface area (Å²) in [6.45, 7) is 6.91. The first kappa shape index (κ1) is 16.9. The molecule has 0 radical (unpaired) electrons. The van der Waals surface area contributed by atoms with Gasteiger partial charge in [-0.05, 0) is 43.5 Å². The van der Waals surface area contributed by atoms with Crippen LogP contribution in [0, 0.1) is 13.8 Å². The number of nitrogens with one attached hydrogen (secondary N) is 2. The third kappa shape index (κ3) is 5.36. The van der Waals surface area contributed by atoms with Crippen LogP contribution in [-0.2, 0) is 0 Å². The number of hydrogen-bond donors (Lipinski definition) is 2. The zero-order chi connectivity index (χ0) is 16.7. The predicted octanol–water partition coefficient (Wildman–Crippen LogP) is 3.76. The number of rotatable bonds is 7. The normalized spacial score (nSPS) is 10.4. The summed E-state index contributed by atoms with van der Waals surface area (Å²) in [5.74, 6) is 0.454. The van der Waals surface area contributed by atoms with Crippen LogP contribution in [0.2, 0.25) is 0 Å². The first-order chi connectivity index (χ1) is 11.1. The molecule has 1 heterocycles. The zero-order valence-corrected chi connectivity index (χ0v) is 14.0. The summed E-state index contributed by atoms with van der Waals surface area (Å²) in [5.41, 5.74) is 3.68. The van der Waals surface area contributed by atoms with E-state index in [-0.39, 0.29) is 5.91 Å². The Morgan fingerprint density at radius 3 is 2.48 bits per heavy atom. The molecule has 2 N–H and O–H groups in total. The predicted molar refractivity (Wildman–Crippen MR) is 93.1 cm³/mol. The molecule has 0 bridgehead atoms. The zero-order valence-electron chi connectivity index (χ0n) is 14.0. The molecule has 2 rings (SSSR count). The van der Waals surface area contributed by atoms with Crippen LogP contribution in [0.15, 0.2) is 30.6 Å². The Labute approximate surface area is 137 Å². The summed E-state index contributed by atoms with van der Waals surface area (Å²) in [5, 5.41) is 6.11. The van der Waals surface area contributed by atoms with E-state index < -0.39 is 0 Å². The minimum absolute atomic E-state index is 0.160. The number of anilines is 2. The molecule has 0 saturated carbocycles. The molecule has 1 aromatic heterocycles. The molecule has 23 heavy (non-hydrogen) atoms. The highest BCUT2D eigenvalue weighted by atomic mass is 16.1. The maximum Gasteiger partial charge on any atom is 0.270 e. The molecule has 0 saturated heterocycles. The standard InChI is InChI=1S/C18H24N4O/c1-4-5-6-7-19-18(23)16-11-17(21-12-20-16)22-15-9-13(2)8-14(3)10-15/h8-12H,4-7H2,1-3H3,(H,19,23)(H,20,21,22). The number of hydrogen-bond acceptors (Lipinski definition) is 4. The van der Waals surface area contributed by atoms with Gasteiger partial charge in [0.05, 0.1) is 0 Å². The molecule has 0 spiro atoms. The molecule has 1 aromatic carbocycles. The number of carbonyl (C=O) groups excluding carboxylic acids is 1. The topological polar surface area (TPSA) is 66.9 Å². The van der Waals surface area contributed by atoms with Crippen molar-refractivity contribution < 1.29 is 4.79 Å². The minimum atomic E-state index is -0.160. The Balaban J connectivity index is 2.03. The molecule has 5 heteroatoms. The van der Waals surface area contributed by atoms with Gasteiger partial charge < -0.3 is 10.6 Å². The van der Waals surface area contributed by atoms with Crippen molar-refractivity contribution in [3.8, 4) is 0 Å². The van der Waals surface area contributed by atoms with Gasteiger partial charge in [0.25, 0.3) is 5.91 Å². The van der Waals surface area contributed by atoms with Gasteiger partial charge >= 0.3 is 0 Å². The van der Waals surface area contributed by atoms with Gasteiger partial charge in [-0.3, -0.25) is 4.79 Å². The maximum atomic E-state index is 12.1. The third-order valence-electron chi connectivity index (χ3n) is 3.46. The first-order valence-electron chi connectivity index (χ1n) is 8.04. The van der Waals surface area contributed by atoms with Crippen LogP contribution < -0.4 is 10.6 Å². The van der Waals surface area contributed by atoms with Gasteiger partial charge in [-0.1, -0.05) is 25.8 Å². The molecule has 0 fully saturated rings. The highest BCUT2D eigenvalue weighted by Crippen LogP contribution is 2.18. The molecule has 1 amide bonds. The Bertz CT molecular complexity index is 650. The minimum Gasteiger partial charge on any atom is -0.351 e. The Morgan fingerprint density at radius 2 is 1.78 bits per heavy atom. The van der Waals surface area contributed by atoms with E-state index in [1.165, 1.54) is 17.5 Å². The van der Waals surface area contributed by atoms with Gasteiger partial charge in [-0.15, -0.1) is 0 Å². The van der Waals surface area contributed by atoms with Gasteiger partial charge in [0.1, 0.15) is 17.8 Å². The van der Waals surface area contributed by atoms with E-state index >= 15 is 0 Å². The molecule has 2 aromatic rings. The highest BCUT2D eigenvalue weighted by molar-refractivity contribution is 5.92. The molecule has 0 aliphatic heterocycles. The van der Waals surface area contributed by atoms with E-state index in [1.54, 1.807) is 6.07 Å². The summed E-state index contributed by atoms with van der Waals surface area (Å²) in [7, 11) is 0. The van der Waals surface area contributed by atoms with Crippen molar-refractivity contribution in [1.29, 1.82) is 0 Å². The molecular formula is C18H24N4O. The molecule has 0 atom stereocenters. The number of unbranched alkanes of at least 4 members (excludes halogenated alkanes) is 2. The molecule has 0 aliphatic rings. The summed E-state index contributed by atoms with van der Waals surface area (Å²) in [6.07, 6.45) is 4.64. The monoisotopic (exact) mass is 312 g/mol. The number of aryl methyl sites for hydroxylation is 2. The second kappa shape index (κ2) is 8.27. The number of carbonyl (C=O) groups is 1. The van der Waals surface area contributed by atoms with Crippen LogP contribution >= 0.6 is 0 Å². The third-order valence-corrected chi connectivity index (χ3v) is 3.46. The molecule has 122 valence electrons. The van der Waals surface area contributed by atoms with Gasteiger partial charge in [-0.2, -0.15) is 0 Å². The number of aromatic nitrogens is 2. The van der Waals surface area contributed by atoms with Gasteiger partial charge in [0.15, 0.2) is 0 Å². The highest BCUT2D eigenvalue weighted by Gasteiger charge is 2.08. The van der Waals surface area contributed by atoms with Crippen LogP contribution in [0.1, 0.15) is 47.8 Å². The van der Waals surface area contributed by atoms with Crippen molar-refractivity contribution in [2.24, 2.45) is 0 Å². The molecular weight excluding hydrogens is 288 g/mol. The Hall–Kier alpha value is -2.43. The summed E-state index contributed by atoms with van der Waals surface area (Å²) >= 11 is 0. The van der Waals surface area contributed by atoms with E-state index in [4.69, 9.17) is 0 Å². The van der Waals surface area contributed by atoms with E-state index in [9.17, 15) is 4.79 Å². The van der Waals surface area contributed by atoms with Crippen LogP contribution in [0.25, 0.3) is 0 Å². The lowest BCUT2D eigenvalue weighted by molar-refractivity contribution is 0.0948. The summed E-state index contributed by atoms with van der Waals surface area (Å²) < 4.78 is 0. The first-order valence-corrected chi connectivity index (χ1v) is 8.04. The fourth-order valence-corrected chi connectivity index (χ4v) is 2.41. The van der Waals surface area contributed by atoms with E-state index in [2.05, 4.69) is 33.6 Å². The average Bonchev–Trinajstić information content (AvgIpc) is 2.50. The average molecular weight is 312 g/mol. The summed E-state index contributed by atoms with van der Waals surface area (Å²) in [4.78, 5) is 20.3. The van der Waals surface area contributed by atoms with Gasteiger partial charge in [0, 0.05) is 18.3 Å². The summed E-state index contributed by atoms with van der Waals surface area (Å²) in [6, 6.07) is 7.87. The van der Waals surface area contributed by atoms with Gasteiger partial charge in [0.2, 0.25) is 0 Å².